The maximum Gasteiger partial charge on any atom is 0.317 e. The minimum absolute atomic E-state index is 0.0171. The molecule has 0 aromatic heterocycles. The summed E-state index contributed by atoms with van der Waals surface area (Å²) in [4.78, 5) is 25.8. The third kappa shape index (κ3) is 5.46. The van der Waals surface area contributed by atoms with Crippen LogP contribution < -0.4 is 5.32 Å². The van der Waals surface area contributed by atoms with Crippen LogP contribution in [0.2, 0.25) is 0 Å². The Kier molecular flexibility index (Phi) is 5.65. The van der Waals surface area contributed by atoms with E-state index in [9.17, 15) is 9.59 Å². The molecule has 6 heteroatoms. The molecule has 1 rings (SSSR count). The molecule has 96 valence electrons. The van der Waals surface area contributed by atoms with Gasteiger partial charge in [-0.1, -0.05) is 6.08 Å². The van der Waals surface area contributed by atoms with Gasteiger partial charge in [0.15, 0.2) is 0 Å². The van der Waals surface area contributed by atoms with Crippen LogP contribution in [0.3, 0.4) is 0 Å². The molecule has 0 saturated carbocycles. The number of rotatable bonds is 6. The van der Waals surface area contributed by atoms with Gasteiger partial charge in [-0.2, -0.15) is 0 Å². The van der Waals surface area contributed by atoms with Crippen molar-refractivity contribution in [3.05, 3.63) is 12.7 Å². The van der Waals surface area contributed by atoms with Crippen LogP contribution in [0.15, 0.2) is 12.7 Å². The predicted molar refractivity (Wildman–Crippen MR) is 63.7 cm³/mol. The molecule has 0 aliphatic carbocycles. The first-order valence-corrected chi connectivity index (χ1v) is 5.66. The van der Waals surface area contributed by atoms with Crippen molar-refractivity contribution in [2.45, 2.75) is 0 Å². The predicted octanol–water partition coefficient (Wildman–Crippen LogP) is -1.01. The van der Waals surface area contributed by atoms with E-state index in [2.05, 4.69) is 11.9 Å². The summed E-state index contributed by atoms with van der Waals surface area (Å²) in [6.07, 6.45) is 1.64. The third-order valence-electron chi connectivity index (χ3n) is 2.63. The Hall–Kier alpha value is -1.40. The van der Waals surface area contributed by atoms with E-state index in [0.29, 0.717) is 26.2 Å². The molecule has 1 heterocycles. The van der Waals surface area contributed by atoms with E-state index in [1.165, 1.54) is 0 Å². The maximum absolute atomic E-state index is 11.4. The SMILES string of the molecule is C=CCNC(=O)CN1CCN(CC(=O)O)CC1. The molecule has 0 atom stereocenters. The van der Waals surface area contributed by atoms with Gasteiger partial charge in [0.25, 0.3) is 0 Å². The molecule has 0 bridgehead atoms. The largest absolute Gasteiger partial charge is 0.480 e. The summed E-state index contributed by atoms with van der Waals surface area (Å²) in [5, 5.41) is 11.4. The molecule has 0 radical (unpaired) electrons. The van der Waals surface area contributed by atoms with Crippen molar-refractivity contribution in [3.8, 4) is 0 Å². The van der Waals surface area contributed by atoms with Gasteiger partial charge in [0, 0.05) is 32.7 Å². The number of carbonyl (C=O) groups excluding carboxylic acids is 1. The number of aliphatic carboxylic acids is 1. The Morgan fingerprint density at radius 2 is 1.71 bits per heavy atom. The normalized spacial score (nSPS) is 17.6. The van der Waals surface area contributed by atoms with Crippen LogP contribution in [0.25, 0.3) is 0 Å². The molecule has 2 N–H and O–H groups in total. The van der Waals surface area contributed by atoms with Gasteiger partial charge >= 0.3 is 5.97 Å². The average Bonchev–Trinajstić information content (AvgIpc) is 2.28. The van der Waals surface area contributed by atoms with Crippen molar-refractivity contribution in [1.29, 1.82) is 0 Å². The van der Waals surface area contributed by atoms with E-state index in [-0.39, 0.29) is 12.5 Å². The first-order valence-electron chi connectivity index (χ1n) is 5.66. The topological polar surface area (TPSA) is 72.9 Å². The monoisotopic (exact) mass is 241 g/mol. The minimum Gasteiger partial charge on any atom is -0.480 e. The van der Waals surface area contributed by atoms with Gasteiger partial charge in [-0.15, -0.1) is 6.58 Å². The van der Waals surface area contributed by atoms with E-state index in [4.69, 9.17) is 5.11 Å². The van der Waals surface area contributed by atoms with Crippen LogP contribution >= 0.6 is 0 Å². The number of nitrogens with zero attached hydrogens (tertiary/aromatic N) is 2. The number of nitrogens with one attached hydrogen (secondary N) is 1. The molecule has 0 aromatic carbocycles. The van der Waals surface area contributed by atoms with Gasteiger partial charge in [0.05, 0.1) is 13.1 Å². The third-order valence-corrected chi connectivity index (χ3v) is 2.63. The van der Waals surface area contributed by atoms with E-state index < -0.39 is 5.97 Å². The molecule has 1 saturated heterocycles. The zero-order valence-corrected chi connectivity index (χ0v) is 9.89. The first kappa shape index (κ1) is 13.7. The van der Waals surface area contributed by atoms with Gasteiger partial charge in [-0.05, 0) is 0 Å². The second kappa shape index (κ2) is 7.03. The lowest BCUT2D eigenvalue weighted by atomic mass is 10.3. The van der Waals surface area contributed by atoms with Crippen LogP contribution in [-0.2, 0) is 9.59 Å². The standard InChI is InChI=1S/C11H19N3O3/c1-2-3-12-10(15)8-13-4-6-14(7-5-13)9-11(16)17/h2H,1,3-9H2,(H,12,15)(H,16,17). The van der Waals surface area contributed by atoms with Gasteiger partial charge in [0.2, 0.25) is 5.91 Å². The molecule has 0 unspecified atom stereocenters. The molecule has 1 fully saturated rings. The second-order valence-corrected chi connectivity index (χ2v) is 4.04. The van der Waals surface area contributed by atoms with Crippen LogP contribution in [0.5, 0.6) is 0 Å². The van der Waals surface area contributed by atoms with Crippen molar-refractivity contribution >= 4 is 11.9 Å². The van der Waals surface area contributed by atoms with Crippen LogP contribution in [0.4, 0.5) is 0 Å². The summed E-state index contributed by atoms with van der Waals surface area (Å²) in [5.41, 5.74) is 0. The van der Waals surface area contributed by atoms with Gasteiger partial charge in [-0.3, -0.25) is 19.4 Å². The number of piperazine rings is 1. The number of carbonyl (C=O) groups is 2. The highest BCUT2D eigenvalue weighted by Crippen LogP contribution is 2.00. The lowest BCUT2D eigenvalue weighted by molar-refractivity contribution is -0.139. The van der Waals surface area contributed by atoms with E-state index in [1.54, 1.807) is 6.08 Å². The summed E-state index contributed by atoms with van der Waals surface area (Å²) in [6, 6.07) is 0. The molecular formula is C11H19N3O3. The zero-order valence-electron chi connectivity index (χ0n) is 9.89. The fraction of sp³-hybridized carbons (Fsp3) is 0.636. The summed E-state index contributed by atoms with van der Waals surface area (Å²) < 4.78 is 0. The quantitative estimate of drug-likeness (QED) is 0.583. The summed E-state index contributed by atoms with van der Waals surface area (Å²) in [7, 11) is 0. The fourth-order valence-corrected chi connectivity index (χ4v) is 1.74. The average molecular weight is 241 g/mol. The molecule has 17 heavy (non-hydrogen) atoms. The molecule has 0 spiro atoms. The molecule has 1 aliphatic rings. The Morgan fingerprint density at radius 1 is 1.18 bits per heavy atom. The smallest absolute Gasteiger partial charge is 0.317 e. The van der Waals surface area contributed by atoms with Crippen LogP contribution in [0, 0.1) is 0 Å². The Balaban J connectivity index is 2.20. The van der Waals surface area contributed by atoms with Crippen molar-refractivity contribution in [3.63, 3.8) is 0 Å². The van der Waals surface area contributed by atoms with E-state index in [0.717, 1.165) is 13.1 Å². The summed E-state index contributed by atoms with van der Waals surface area (Å²) in [6.45, 7) is 7.31. The molecule has 1 amide bonds. The Bertz CT molecular complexity index is 286. The van der Waals surface area contributed by atoms with Crippen molar-refractivity contribution in [1.82, 2.24) is 15.1 Å². The number of hydrogen-bond donors (Lipinski definition) is 2. The minimum atomic E-state index is -0.804. The molecule has 0 aromatic rings. The lowest BCUT2D eigenvalue weighted by Gasteiger charge is -2.33. The summed E-state index contributed by atoms with van der Waals surface area (Å²) in [5.74, 6) is -0.821. The molecule has 6 nitrogen and oxygen atoms in total. The highest BCUT2D eigenvalue weighted by Gasteiger charge is 2.19. The van der Waals surface area contributed by atoms with Gasteiger partial charge in [-0.25, -0.2) is 0 Å². The Labute approximate surface area is 101 Å². The number of hydrogen-bond acceptors (Lipinski definition) is 4. The number of carboxylic acid groups (broad SMARTS) is 1. The zero-order chi connectivity index (χ0) is 12.7. The lowest BCUT2D eigenvalue weighted by Crippen LogP contribution is -2.50. The van der Waals surface area contributed by atoms with Crippen LogP contribution in [0.1, 0.15) is 0 Å². The first-order chi connectivity index (χ1) is 8.11. The van der Waals surface area contributed by atoms with Crippen LogP contribution in [-0.4, -0.2) is 72.6 Å². The summed E-state index contributed by atoms with van der Waals surface area (Å²) >= 11 is 0. The number of amides is 1. The van der Waals surface area contributed by atoms with Crippen molar-refractivity contribution in [2.24, 2.45) is 0 Å². The van der Waals surface area contributed by atoms with Crippen molar-refractivity contribution < 1.29 is 14.7 Å². The molecular weight excluding hydrogens is 222 g/mol. The Morgan fingerprint density at radius 3 is 2.18 bits per heavy atom. The van der Waals surface area contributed by atoms with Gasteiger partial charge in [0.1, 0.15) is 0 Å². The van der Waals surface area contributed by atoms with Crippen molar-refractivity contribution in [2.75, 3.05) is 45.8 Å². The van der Waals surface area contributed by atoms with Gasteiger partial charge < -0.3 is 10.4 Å². The molecule has 1 aliphatic heterocycles. The highest BCUT2D eigenvalue weighted by molar-refractivity contribution is 5.78. The maximum atomic E-state index is 11.4. The number of carboxylic acids is 1. The highest BCUT2D eigenvalue weighted by atomic mass is 16.4. The second-order valence-electron chi connectivity index (χ2n) is 4.04. The van der Waals surface area contributed by atoms with E-state index >= 15 is 0 Å². The fourth-order valence-electron chi connectivity index (χ4n) is 1.74. The van der Waals surface area contributed by atoms with E-state index in [1.807, 2.05) is 9.80 Å².